The second kappa shape index (κ2) is 5.78. The van der Waals surface area contributed by atoms with Crippen molar-refractivity contribution >= 4 is 17.3 Å². The molecule has 3 heteroatoms. The Hall–Kier alpha value is -2.29. The average molecular weight is 268 g/mol. The Morgan fingerprint density at radius 1 is 1.00 bits per heavy atom. The van der Waals surface area contributed by atoms with Gasteiger partial charge in [-0.15, -0.1) is 0 Å². The molecule has 0 fully saturated rings. The van der Waals surface area contributed by atoms with E-state index in [4.69, 9.17) is 0 Å². The summed E-state index contributed by atoms with van der Waals surface area (Å²) in [6.45, 7) is 4.10. The van der Waals surface area contributed by atoms with Gasteiger partial charge in [0.2, 0.25) is 0 Å². The number of nitrogens with zero attached hydrogens (tertiary/aromatic N) is 1. The fourth-order valence-electron chi connectivity index (χ4n) is 1.95. The Kier molecular flexibility index (Phi) is 4.08. The standard InChI is InChI=1S/C17H20N2O/c1-12-8-9-15(10-13(12)2)18-17(20)14-6-5-7-16(11-14)19(3)4/h5-11H,1-4H3,(H,18,20). The predicted octanol–water partition coefficient (Wildman–Crippen LogP) is 3.62. The third-order valence-corrected chi connectivity index (χ3v) is 3.39. The number of hydrogen-bond donors (Lipinski definition) is 1. The summed E-state index contributed by atoms with van der Waals surface area (Å²) in [5, 5.41) is 2.93. The number of rotatable bonds is 3. The van der Waals surface area contributed by atoms with Gasteiger partial charge in [0.15, 0.2) is 0 Å². The molecule has 0 saturated heterocycles. The summed E-state index contributed by atoms with van der Waals surface area (Å²) in [4.78, 5) is 14.2. The van der Waals surface area contributed by atoms with E-state index in [2.05, 4.69) is 12.2 Å². The van der Waals surface area contributed by atoms with Gasteiger partial charge in [0.1, 0.15) is 0 Å². The van der Waals surface area contributed by atoms with Gasteiger partial charge in [0, 0.05) is 31.0 Å². The van der Waals surface area contributed by atoms with Gasteiger partial charge in [0.05, 0.1) is 0 Å². The van der Waals surface area contributed by atoms with Gasteiger partial charge in [-0.1, -0.05) is 12.1 Å². The van der Waals surface area contributed by atoms with Gasteiger partial charge < -0.3 is 10.2 Å². The van der Waals surface area contributed by atoms with E-state index >= 15 is 0 Å². The molecule has 0 aliphatic carbocycles. The SMILES string of the molecule is Cc1ccc(NC(=O)c2cccc(N(C)C)c2)cc1C. The van der Waals surface area contributed by atoms with Gasteiger partial charge in [-0.05, 0) is 55.3 Å². The van der Waals surface area contributed by atoms with Crippen LogP contribution in [-0.4, -0.2) is 20.0 Å². The topological polar surface area (TPSA) is 32.3 Å². The normalized spacial score (nSPS) is 10.2. The maximum Gasteiger partial charge on any atom is 0.255 e. The zero-order valence-electron chi connectivity index (χ0n) is 12.4. The van der Waals surface area contributed by atoms with Crippen LogP contribution < -0.4 is 10.2 Å². The second-order valence-corrected chi connectivity index (χ2v) is 5.20. The number of carbonyl (C=O) groups is 1. The van der Waals surface area contributed by atoms with Gasteiger partial charge in [-0.2, -0.15) is 0 Å². The molecule has 0 saturated carbocycles. The lowest BCUT2D eigenvalue weighted by Gasteiger charge is -2.13. The lowest BCUT2D eigenvalue weighted by molar-refractivity contribution is 0.102. The molecule has 1 N–H and O–H groups in total. The van der Waals surface area contributed by atoms with Crippen LogP contribution in [0.4, 0.5) is 11.4 Å². The summed E-state index contributed by atoms with van der Waals surface area (Å²) < 4.78 is 0. The Morgan fingerprint density at radius 2 is 1.75 bits per heavy atom. The highest BCUT2D eigenvalue weighted by Crippen LogP contribution is 2.17. The smallest absolute Gasteiger partial charge is 0.255 e. The Labute approximate surface area is 120 Å². The molecule has 0 aromatic heterocycles. The molecule has 3 nitrogen and oxygen atoms in total. The molecule has 0 aliphatic rings. The van der Waals surface area contributed by atoms with Crippen molar-refractivity contribution in [2.24, 2.45) is 0 Å². The van der Waals surface area contributed by atoms with Crippen LogP contribution in [-0.2, 0) is 0 Å². The fourth-order valence-corrected chi connectivity index (χ4v) is 1.95. The minimum atomic E-state index is -0.0862. The van der Waals surface area contributed by atoms with Crippen molar-refractivity contribution in [2.75, 3.05) is 24.3 Å². The second-order valence-electron chi connectivity index (χ2n) is 5.20. The zero-order valence-corrected chi connectivity index (χ0v) is 12.4. The van der Waals surface area contributed by atoms with Crippen LogP contribution in [0.1, 0.15) is 21.5 Å². The minimum Gasteiger partial charge on any atom is -0.378 e. The molecule has 0 radical (unpaired) electrons. The molecule has 0 bridgehead atoms. The summed E-state index contributed by atoms with van der Waals surface area (Å²) >= 11 is 0. The molecule has 0 spiro atoms. The highest BCUT2D eigenvalue weighted by Gasteiger charge is 2.08. The molecule has 0 atom stereocenters. The van der Waals surface area contributed by atoms with Crippen LogP contribution in [0.2, 0.25) is 0 Å². The van der Waals surface area contributed by atoms with Crippen LogP contribution >= 0.6 is 0 Å². The van der Waals surface area contributed by atoms with E-state index in [9.17, 15) is 4.79 Å². The molecule has 2 aromatic rings. The number of hydrogen-bond acceptors (Lipinski definition) is 2. The molecule has 20 heavy (non-hydrogen) atoms. The molecule has 1 amide bonds. The highest BCUT2D eigenvalue weighted by atomic mass is 16.1. The van der Waals surface area contributed by atoms with Crippen molar-refractivity contribution in [3.63, 3.8) is 0 Å². The van der Waals surface area contributed by atoms with Gasteiger partial charge in [0.25, 0.3) is 5.91 Å². The van der Waals surface area contributed by atoms with Gasteiger partial charge in [-0.3, -0.25) is 4.79 Å². The van der Waals surface area contributed by atoms with Crippen LogP contribution in [0, 0.1) is 13.8 Å². The van der Waals surface area contributed by atoms with E-state index in [1.54, 1.807) is 0 Å². The lowest BCUT2D eigenvalue weighted by Crippen LogP contribution is -2.14. The van der Waals surface area contributed by atoms with Crippen LogP contribution in [0.25, 0.3) is 0 Å². The van der Waals surface area contributed by atoms with E-state index in [0.717, 1.165) is 11.4 Å². The van der Waals surface area contributed by atoms with Crippen LogP contribution in [0.15, 0.2) is 42.5 Å². The van der Waals surface area contributed by atoms with Crippen LogP contribution in [0.3, 0.4) is 0 Å². The summed E-state index contributed by atoms with van der Waals surface area (Å²) in [5.74, 6) is -0.0862. The number of anilines is 2. The number of benzene rings is 2. The van der Waals surface area contributed by atoms with Gasteiger partial charge in [-0.25, -0.2) is 0 Å². The first-order valence-corrected chi connectivity index (χ1v) is 6.63. The third kappa shape index (κ3) is 3.18. The van der Waals surface area contributed by atoms with Crippen LogP contribution in [0.5, 0.6) is 0 Å². The third-order valence-electron chi connectivity index (χ3n) is 3.39. The van der Waals surface area contributed by atoms with Crippen molar-refractivity contribution in [2.45, 2.75) is 13.8 Å². The minimum absolute atomic E-state index is 0.0862. The number of carbonyl (C=O) groups excluding carboxylic acids is 1. The molecular formula is C17H20N2O. The first kappa shape index (κ1) is 14.1. The van der Waals surface area contributed by atoms with Crippen molar-refractivity contribution in [1.82, 2.24) is 0 Å². The van der Waals surface area contributed by atoms with Crippen molar-refractivity contribution < 1.29 is 4.79 Å². The van der Waals surface area contributed by atoms with E-state index in [1.165, 1.54) is 11.1 Å². The Bertz CT molecular complexity index is 633. The molecule has 2 aromatic carbocycles. The number of amides is 1. The maximum absolute atomic E-state index is 12.3. The molecule has 2 rings (SSSR count). The zero-order chi connectivity index (χ0) is 14.7. The quantitative estimate of drug-likeness (QED) is 0.922. The maximum atomic E-state index is 12.3. The largest absolute Gasteiger partial charge is 0.378 e. The number of nitrogens with one attached hydrogen (secondary N) is 1. The predicted molar refractivity (Wildman–Crippen MR) is 84.6 cm³/mol. The number of aryl methyl sites for hydroxylation is 2. The monoisotopic (exact) mass is 268 g/mol. The fraction of sp³-hybridized carbons (Fsp3) is 0.235. The lowest BCUT2D eigenvalue weighted by atomic mass is 10.1. The van der Waals surface area contributed by atoms with Crippen molar-refractivity contribution in [1.29, 1.82) is 0 Å². The van der Waals surface area contributed by atoms with E-state index in [-0.39, 0.29) is 5.91 Å². The molecule has 104 valence electrons. The Morgan fingerprint density at radius 3 is 2.40 bits per heavy atom. The van der Waals surface area contributed by atoms with E-state index in [0.29, 0.717) is 5.56 Å². The first-order valence-electron chi connectivity index (χ1n) is 6.63. The summed E-state index contributed by atoms with van der Waals surface area (Å²) in [6, 6.07) is 13.5. The molecule has 0 unspecified atom stereocenters. The van der Waals surface area contributed by atoms with E-state index < -0.39 is 0 Å². The van der Waals surface area contributed by atoms with Crippen molar-refractivity contribution in [3.8, 4) is 0 Å². The van der Waals surface area contributed by atoms with Crippen molar-refractivity contribution in [3.05, 3.63) is 59.2 Å². The summed E-state index contributed by atoms with van der Waals surface area (Å²) in [6.07, 6.45) is 0. The summed E-state index contributed by atoms with van der Waals surface area (Å²) in [7, 11) is 3.92. The molecule has 0 heterocycles. The Balaban J connectivity index is 2.19. The summed E-state index contributed by atoms with van der Waals surface area (Å²) in [5.41, 5.74) is 4.89. The molecule has 0 aliphatic heterocycles. The highest BCUT2D eigenvalue weighted by molar-refractivity contribution is 6.04. The van der Waals surface area contributed by atoms with E-state index in [1.807, 2.05) is 68.4 Å². The first-order chi connectivity index (χ1) is 9.47. The van der Waals surface area contributed by atoms with Gasteiger partial charge >= 0.3 is 0 Å². The molecular weight excluding hydrogens is 248 g/mol. The average Bonchev–Trinajstić information content (AvgIpc) is 2.43.